The highest BCUT2D eigenvalue weighted by molar-refractivity contribution is 7.16. The van der Waals surface area contributed by atoms with Crippen molar-refractivity contribution in [1.82, 2.24) is 4.57 Å². The third kappa shape index (κ3) is 2.72. The van der Waals surface area contributed by atoms with Crippen LogP contribution in [0.15, 0.2) is 53.5 Å². The molecular formula is C18H14N2O3S. The molecule has 1 aliphatic heterocycles. The first-order chi connectivity index (χ1) is 11.7. The first-order valence-electron chi connectivity index (χ1n) is 7.42. The average Bonchev–Trinajstić information content (AvgIpc) is 3.17. The highest BCUT2D eigenvalue weighted by atomic mass is 32.1. The molecule has 0 atom stereocenters. The van der Waals surface area contributed by atoms with Crippen molar-refractivity contribution in [3.63, 3.8) is 0 Å². The van der Waals surface area contributed by atoms with Crippen LogP contribution in [-0.2, 0) is 11.8 Å². The van der Waals surface area contributed by atoms with E-state index in [2.05, 4.69) is 4.99 Å². The summed E-state index contributed by atoms with van der Waals surface area (Å²) in [6.07, 6.45) is 3.24. The second kappa shape index (κ2) is 5.98. The number of carbonyl (C=O) groups is 1. The number of carbonyl (C=O) groups excluding carboxylic acids is 1. The van der Waals surface area contributed by atoms with E-state index in [1.807, 2.05) is 54.1 Å². The van der Waals surface area contributed by atoms with Gasteiger partial charge in [0.2, 0.25) is 6.79 Å². The third-order valence-electron chi connectivity index (χ3n) is 3.73. The fourth-order valence-corrected chi connectivity index (χ4v) is 3.52. The smallest absolute Gasteiger partial charge is 0.272 e. The molecule has 2 heterocycles. The molecule has 0 unspecified atom stereocenters. The molecule has 3 aromatic rings. The lowest BCUT2D eigenvalue weighted by Gasteiger charge is -1.97. The maximum Gasteiger partial charge on any atom is 0.272 e. The standard InChI is InChI=1S/C18H14N2O3S/c1-20-13-9-14-15(23-11-22-14)10-16(13)24-18(20)19-17(21)8-7-12-5-3-2-4-6-12/h2-10H,11H2,1H3. The number of rotatable bonds is 2. The van der Waals surface area contributed by atoms with Gasteiger partial charge >= 0.3 is 0 Å². The predicted octanol–water partition coefficient (Wildman–Crippen LogP) is 3.11. The van der Waals surface area contributed by atoms with E-state index in [4.69, 9.17) is 9.47 Å². The van der Waals surface area contributed by atoms with Crippen LogP contribution in [0.5, 0.6) is 11.5 Å². The molecule has 4 rings (SSSR count). The predicted molar refractivity (Wildman–Crippen MR) is 93.0 cm³/mol. The molecule has 0 saturated carbocycles. The van der Waals surface area contributed by atoms with Gasteiger partial charge in [0, 0.05) is 25.3 Å². The zero-order chi connectivity index (χ0) is 16.5. The van der Waals surface area contributed by atoms with Gasteiger partial charge in [-0.15, -0.1) is 0 Å². The van der Waals surface area contributed by atoms with Gasteiger partial charge < -0.3 is 14.0 Å². The van der Waals surface area contributed by atoms with Crippen LogP contribution in [-0.4, -0.2) is 17.3 Å². The monoisotopic (exact) mass is 338 g/mol. The van der Waals surface area contributed by atoms with E-state index in [9.17, 15) is 4.79 Å². The van der Waals surface area contributed by atoms with Gasteiger partial charge in [0.15, 0.2) is 16.3 Å². The normalized spacial score (nSPS) is 14.0. The first kappa shape index (κ1) is 14.7. The van der Waals surface area contributed by atoms with E-state index in [0.717, 1.165) is 27.3 Å². The Kier molecular flexibility index (Phi) is 3.66. The molecular weight excluding hydrogens is 324 g/mol. The fourth-order valence-electron chi connectivity index (χ4n) is 2.49. The zero-order valence-corrected chi connectivity index (χ0v) is 13.7. The van der Waals surface area contributed by atoms with Gasteiger partial charge in [-0.3, -0.25) is 4.79 Å². The minimum absolute atomic E-state index is 0.246. The largest absolute Gasteiger partial charge is 0.454 e. The van der Waals surface area contributed by atoms with Gasteiger partial charge in [0.25, 0.3) is 5.91 Å². The summed E-state index contributed by atoms with van der Waals surface area (Å²) < 4.78 is 13.7. The van der Waals surface area contributed by atoms with E-state index in [0.29, 0.717) is 4.80 Å². The molecule has 1 aromatic heterocycles. The van der Waals surface area contributed by atoms with E-state index in [1.165, 1.54) is 17.4 Å². The maximum absolute atomic E-state index is 12.1. The Morgan fingerprint density at radius 2 is 1.96 bits per heavy atom. The van der Waals surface area contributed by atoms with Crippen LogP contribution in [0.25, 0.3) is 16.3 Å². The van der Waals surface area contributed by atoms with Crippen LogP contribution in [0.3, 0.4) is 0 Å². The number of benzene rings is 2. The zero-order valence-electron chi connectivity index (χ0n) is 12.9. The fraction of sp³-hybridized carbons (Fsp3) is 0.111. The van der Waals surface area contributed by atoms with E-state index in [-0.39, 0.29) is 12.7 Å². The Labute approximate surface area is 142 Å². The Hall–Kier alpha value is -2.86. The number of nitrogens with zero attached hydrogens (tertiary/aromatic N) is 2. The number of aryl methyl sites for hydroxylation is 1. The Balaban J connectivity index is 1.68. The number of hydrogen-bond donors (Lipinski definition) is 0. The number of fused-ring (bicyclic) bond motifs is 2. The quantitative estimate of drug-likeness (QED) is 0.675. The molecule has 0 spiro atoms. The van der Waals surface area contributed by atoms with Crippen molar-refractivity contribution >= 4 is 33.5 Å². The molecule has 24 heavy (non-hydrogen) atoms. The Morgan fingerprint density at radius 1 is 1.21 bits per heavy atom. The highest BCUT2D eigenvalue weighted by Crippen LogP contribution is 2.36. The summed E-state index contributed by atoms with van der Waals surface area (Å²) in [5, 5.41) is 0. The molecule has 2 aromatic carbocycles. The van der Waals surface area contributed by atoms with Crippen molar-refractivity contribution in [1.29, 1.82) is 0 Å². The molecule has 0 fully saturated rings. The maximum atomic E-state index is 12.1. The van der Waals surface area contributed by atoms with Crippen LogP contribution in [0.4, 0.5) is 0 Å². The molecule has 120 valence electrons. The van der Waals surface area contributed by atoms with E-state index < -0.39 is 0 Å². The minimum atomic E-state index is -0.291. The van der Waals surface area contributed by atoms with Gasteiger partial charge in [0.1, 0.15) is 0 Å². The number of hydrogen-bond acceptors (Lipinski definition) is 4. The summed E-state index contributed by atoms with van der Waals surface area (Å²) in [5.41, 5.74) is 1.93. The van der Waals surface area contributed by atoms with Crippen molar-refractivity contribution in [3.8, 4) is 11.5 Å². The summed E-state index contributed by atoms with van der Waals surface area (Å²) in [6.45, 7) is 0.246. The van der Waals surface area contributed by atoms with Gasteiger partial charge in [0.05, 0.1) is 10.2 Å². The molecule has 6 heteroatoms. The van der Waals surface area contributed by atoms with Crippen molar-refractivity contribution in [2.45, 2.75) is 0 Å². The lowest BCUT2D eigenvalue weighted by atomic mass is 10.2. The van der Waals surface area contributed by atoms with Crippen molar-refractivity contribution in [3.05, 3.63) is 58.9 Å². The minimum Gasteiger partial charge on any atom is -0.454 e. The van der Waals surface area contributed by atoms with Crippen molar-refractivity contribution in [2.75, 3.05) is 6.79 Å². The number of amides is 1. The molecule has 1 amide bonds. The van der Waals surface area contributed by atoms with Crippen LogP contribution in [0, 0.1) is 0 Å². The molecule has 1 aliphatic rings. The summed E-state index contributed by atoms with van der Waals surface area (Å²) in [7, 11) is 1.88. The highest BCUT2D eigenvalue weighted by Gasteiger charge is 2.16. The summed E-state index contributed by atoms with van der Waals surface area (Å²) in [5.74, 6) is 1.16. The SMILES string of the molecule is Cn1c(=NC(=O)C=Cc2ccccc2)sc2cc3c(cc21)OCO3. The average molecular weight is 338 g/mol. The Morgan fingerprint density at radius 3 is 2.75 bits per heavy atom. The van der Waals surface area contributed by atoms with Gasteiger partial charge in [-0.05, 0) is 11.6 Å². The van der Waals surface area contributed by atoms with Crippen LogP contribution in [0.2, 0.25) is 0 Å². The third-order valence-corrected chi connectivity index (χ3v) is 4.82. The first-order valence-corrected chi connectivity index (χ1v) is 8.23. The lowest BCUT2D eigenvalue weighted by Crippen LogP contribution is -2.12. The lowest BCUT2D eigenvalue weighted by molar-refractivity contribution is -0.113. The van der Waals surface area contributed by atoms with Gasteiger partial charge in [-0.2, -0.15) is 4.99 Å². The Bertz CT molecular complexity index is 1020. The molecule has 5 nitrogen and oxygen atoms in total. The van der Waals surface area contributed by atoms with Crippen LogP contribution in [0.1, 0.15) is 5.56 Å². The number of thiazole rings is 1. The summed E-state index contributed by atoms with van der Waals surface area (Å²) in [6, 6.07) is 13.5. The molecule has 0 aliphatic carbocycles. The second-order valence-electron chi connectivity index (χ2n) is 5.31. The van der Waals surface area contributed by atoms with Gasteiger partial charge in [-0.25, -0.2) is 0 Å². The van der Waals surface area contributed by atoms with Crippen molar-refractivity contribution in [2.24, 2.45) is 12.0 Å². The molecule has 0 N–H and O–H groups in total. The second-order valence-corrected chi connectivity index (χ2v) is 6.32. The van der Waals surface area contributed by atoms with E-state index in [1.54, 1.807) is 6.08 Å². The van der Waals surface area contributed by atoms with Crippen LogP contribution >= 0.6 is 11.3 Å². The molecule has 0 radical (unpaired) electrons. The number of ether oxygens (including phenoxy) is 2. The topological polar surface area (TPSA) is 52.8 Å². The van der Waals surface area contributed by atoms with Crippen LogP contribution < -0.4 is 14.3 Å². The van der Waals surface area contributed by atoms with E-state index >= 15 is 0 Å². The number of aromatic nitrogens is 1. The molecule has 0 saturated heterocycles. The summed E-state index contributed by atoms with van der Waals surface area (Å²) >= 11 is 1.45. The molecule has 0 bridgehead atoms. The summed E-state index contributed by atoms with van der Waals surface area (Å²) in [4.78, 5) is 16.9. The van der Waals surface area contributed by atoms with Crippen molar-refractivity contribution < 1.29 is 14.3 Å². The van der Waals surface area contributed by atoms with Gasteiger partial charge in [-0.1, -0.05) is 41.7 Å².